The van der Waals surface area contributed by atoms with Gasteiger partial charge in [-0.3, -0.25) is 0 Å². The zero-order valence-electron chi connectivity index (χ0n) is 7.05. The van der Waals surface area contributed by atoms with Gasteiger partial charge in [0.15, 0.2) is 5.70 Å². The van der Waals surface area contributed by atoms with Crippen LogP contribution in [0.5, 0.6) is 0 Å². The van der Waals surface area contributed by atoms with Crippen molar-refractivity contribution in [1.29, 1.82) is 0 Å². The molecule has 0 aliphatic heterocycles. The molecule has 0 saturated carbocycles. The molecule has 0 aromatic heterocycles. The highest BCUT2D eigenvalue weighted by Crippen LogP contribution is 2.33. The van der Waals surface area contributed by atoms with Crippen molar-refractivity contribution < 1.29 is 20.4 Å². The van der Waals surface area contributed by atoms with Crippen molar-refractivity contribution in [3.05, 3.63) is 23.2 Å². The third-order valence-electron chi connectivity index (χ3n) is 2.32. The SMILES string of the molecule is [C-]#[N+]C1=CC(O)C(O)(C(C)O)C1O. The normalized spacial score (nSPS) is 41.1. The highest BCUT2D eigenvalue weighted by atomic mass is 16.4. The fourth-order valence-electron chi connectivity index (χ4n) is 1.36. The van der Waals surface area contributed by atoms with Crippen molar-refractivity contribution in [2.24, 2.45) is 0 Å². The Labute approximate surface area is 75.4 Å². The van der Waals surface area contributed by atoms with Crippen LogP contribution in [0.1, 0.15) is 6.92 Å². The van der Waals surface area contributed by atoms with Crippen LogP contribution in [0.2, 0.25) is 0 Å². The highest BCUT2D eigenvalue weighted by molar-refractivity contribution is 5.32. The standard InChI is InChI=1S/C8H11NO4/c1-4(10)8(13)6(11)3-5(9-2)7(8)12/h3-4,6-7,10-13H,1H3. The van der Waals surface area contributed by atoms with E-state index in [9.17, 15) is 15.3 Å². The van der Waals surface area contributed by atoms with Gasteiger partial charge < -0.3 is 20.4 Å². The molecule has 4 N–H and O–H groups in total. The van der Waals surface area contributed by atoms with Crippen LogP contribution in [0.4, 0.5) is 0 Å². The van der Waals surface area contributed by atoms with Crippen molar-refractivity contribution in [2.45, 2.75) is 30.8 Å². The predicted octanol–water partition coefficient (Wildman–Crippen LogP) is -1.36. The molecule has 4 atom stereocenters. The minimum atomic E-state index is -2.06. The summed E-state index contributed by atoms with van der Waals surface area (Å²) in [6.07, 6.45) is -3.20. The summed E-state index contributed by atoms with van der Waals surface area (Å²) in [5, 5.41) is 37.5. The second kappa shape index (κ2) is 3.09. The summed E-state index contributed by atoms with van der Waals surface area (Å²) >= 11 is 0. The quantitative estimate of drug-likeness (QED) is 0.380. The molecular formula is C8H11NO4. The van der Waals surface area contributed by atoms with Gasteiger partial charge in [-0.15, -0.1) is 0 Å². The molecule has 1 aliphatic carbocycles. The van der Waals surface area contributed by atoms with Crippen LogP contribution in [0, 0.1) is 6.57 Å². The van der Waals surface area contributed by atoms with Crippen molar-refractivity contribution in [2.75, 3.05) is 0 Å². The number of hydrogen-bond acceptors (Lipinski definition) is 4. The van der Waals surface area contributed by atoms with Crippen molar-refractivity contribution in [1.82, 2.24) is 0 Å². The van der Waals surface area contributed by atoms with Gasteiger partial charge in [0.05, 0.1) is 18.8 Å². The lowest BCUT2D eigenvalue weighted by Crippen LogP contribution is -2.55. The fraction of sp³-hybridized carbons (Fsp3) is 0.625. The van der Waals surface area contributed by atoms with E-state index >= 15 is 0 Å². The molecule has 0 fully saturated rings. The maximum atomic E-state index is 9.66. The number of aliphatic hydroxyl groups excluding tert-OH is 3. The van der Waals surface area contributed by atoms with Gasteiger partial charge in [-0.1, -0.05) is 0 Å². The summed E-state index contributed by atoms with van der Waals surface area (Å²) in [5.74, 6) is 0. The van der Waals surface area contributed by atoms with Crippen LogP contribution < -0.4 is 0 Å². The molecule has 13 heavy (non-hydrogen) atoms. The minimum absolute atomic E-state index is 0.143. The molecule has 0 aromatic carbocycles. The molecule has 0 amide bonds. The molecular weight excluding hydrogens is 174 g/mol. The van der Waals surface area contributed by atoms with Gasteiger partial charge in [-0.25, -0.2) is 4.85 Å². The van der Waals surface area contributed by atoms with E-state index in [1.54, 1.807) is 0 Å². The fourth-order valence-corrected chi connectivity index (χ4v) is 1.36. The highest BCUT2D eigenvalue weighted by Gasteiger charge is 2.52. The molecule has 1 aliphatic rings. The zero-order valence-corrected chi connectivity index (χ0v) is 7.05. The van der Waals surface area contributed by atoms with Gasteiger partial charge in [0.2, 0.25) is 0 Å². The van der Waals surface area contributed by atoms with Gasteiger partial charge >= 0.3 is 0 Å². The number of nitrogens with zero attached hydrogens (tertiary/aromatic N) is 1. The van der Waals surface area contributed by atoms with E-state index in [2.05, 4.69) is 4.85 Å². The van der Waals surface area contributed by atoms with E-state index in [0.717, 1.165) is 6.08 Å². The Balaban J connectivity index is 3.03. The summed E-state index contributed by atoms with van der Waals surface area (Å²) in [6, 6.07) is 0. The van der Waals surface area contributed by atoms with Crippen molar-refractivity contribution >= 4 is 0 Å². The Morgan fingerprint density at radius 1 is 1.62 bits per heavy atom. The van der Waals surface area contributed by atoms with Gasteiger partial charge in [0, 0.05) is 0 Å². The summed E-state index contributed by atoms with van der Waals surface area (Å²) in [6.45, 7) is 7.87. The van der Waals surface area contributed by atoms with E-state index in [1.807, 2.05) is 0 Å². The van der Waals surface area contributed by atoms with Crippen LogP contribution in [-0.4, -0.2) is 44.3 Å². The molecule has 0 aromatic rings. The molecule has 0 radical (unpaired) electrons. The van der Waals surface area contributed by atoms with Gasteiger partial charge in [-0.2, -0.15) is 0 Å². The average Bonchev–Trinajstić information content (AvgIpc) is 2.30. The molecule has 0 saturated heterocycles. The van der Waals surface area contributed by atoms with Crippen molar-refractivity contribution in [3.8, 4) is 0 Å². The van der Waals surface area contributed by atoms with Gasteiger partial charge in [0.1, 0.15) is 11.7 Å². The van der Waals surface area contributed by atoms with Crippen LogP contribution in [0.15, 0.2) is 11.8 Å². The van der Waals surface area contributed by atoms with E-state index < -0.39 is 23.9 Å². The van der Waals surface area contributed by atoms with E-state index in [1.165, 1.54) is 6.92 Å². The molecule has 0 heterocycles. The maximum Gasteiger partial charge on any atom is 0.195 e. The first kappa shape index (κ1) is 10.2. The Bertz CT molecular complexity index is 280. The molecule has 0 bridgehead atoms. The first-order valence-corrected chi connectivity index (χ1v) is 3.80. The second-order valence-electron chi connectivity index (χ2n) is 3.11. The Hall–Kier alpha value is -0.930. The first-order chi connectivity index (χ1) is 5.94. The molecule has 0 spiro atoms. The summed E-state index contributed by atoms with van der Waals surface area (Å²) in [7, 11) is 0. The largest absolute Gasteiger partial charge is 0.396 e. The minimum Gasteiger partial charge on any atom is -0.396 e. The van der Waals surface area contributed by atoms with Gasteiger partial charge in [-0.05, 0) is 13.0 Å². The lowest BCUT2D eigenvalue weighted by Gasteiger charge is -2.33. The molecule has 5 heteroatoms. The van der Waals surface area contributed by atoms with Gasteiger partial charge in [0.25, 0.3) is 0 Å². The van der Waals surface area contributed by atoms with Crippen LogP contribution in [-0.2, 0) is 0 Å². The average molecular weight is 185 g/mol. The van der Waals surface area contributed by atoms with E-state index in [0.29, 0.717) is 0 Å². The van der Waals surface area contributed by atoms with Crippen LogP contribution >= 0.6 is 0 Å². The lowest BCUT2D eigenvalue weighted by atomic mass is 9.90. The zero-order chi connectivity index (χ0) is 10.2. The number of rotatable bonds is 1. The molecule has 72 valence electrons. The Morgan fingerprint density at radius 2 is 2.15 bits per heavy atom. The van der Waals surface area contributed by atoms with E-state index in [-0.39, 0.29) is 5.70 Å². The van der Waals surface area contributed by atoms with Crippen LogP contribution in [0.3, 0.4) is 0 Å². The summed E-state index contributed by atoms with van der Waals surface area (Å²) in [5.41, 5.74) is -2.20. The third-order valence-corrected chi connectivity index (χ3v) is 2.32. The number of aliphatic hydroxyl groups is 4. The van der Waals surface area contributed by atoms with Crippen LogP contribution in [0.25, 0.3) is 4.85 Å². The maximum absolute atomic E-state index is 9.66. The third kappa shape index (κ3) is 1.24. The first-order valence-electron chi connectivity index (χ1n) is 3.80. The topological polar surface area (TPSA) is 85.3 Å². The second-order valence-corrected chi connectivity index (χ2v) is 3.11. The molecule has 4 unspecified atom stereocenters. The number of hydrogen-bond donors (Lipinski definition) is 4. The monoisotopic (exact) mass is 185 g/mol. The summed E-state index contributed by atoms with van der Waals surface area (Å²) in [4.78, 5) is 2.93. The Kier molecular flexibility index (Phi) is 2.41. The smallest absolute Gasteiger partial charge is 0.195 e. The lowest BCUT2D eigenvalue weighted by molar-refractivity contribution is -0.162. The summed E-state index contributed by atoms with van der Waals surface area (Å²) < 4.78 is 0. The molecule has 1 rings (SSSR count). The van der Waals surface area contributed by atoms with E-state index in [4.69, 9.17) is 11.7 Å². The van der Waals surface area contributed by atoms with Crippen molar-refractivity contribution in [3.63, 3.8) is 0 Å². The Morgan fingerprint density at radius 3 is 2.38 bits per heavy atom. The predicted molar refractivity (Wildman–Crippen MR) is 43.3 cm³/mol. The molecule has 5 nitrogen and oxygen atoms in total.